The van der Waals surface area contributed by atoms with Crippen molar-refractivity contribution in [2.45, 2.75) is 73.9 Å². The molecule has 1 aromatic carbocycles. The molecule has 2 aliphatic rings. The standard InChI is InChI=1S/C20H29NO14S2.K/c1-8-13(23)15(25)17(27)19(32-8)33-10-4-2-9(3-5-10)6-12(21-35-37(29,30)31)36-20-18(28)16(26)14(24)11(7-22)34-20;/h2-5,8,11,13-20,22-28H,6-7H2,1H3,(H,29,30,31);/q;+1/p-1/b21-12+;. The third-order valence-corrected chi connectivity index (χ3v) is 7.04. The molecule has 2 saturated heterocycles. The normalized spacial score (nSPS) is 36.3. The Hall–Kier alpha value is 0.0264. The van der Waals surface area contributed by atoms with Crippen molar-refractivity contribution in [2.24, 2.45) is 5.16 Å². The van der Waals surface area contributed by atoms with Crippen LogP contribution in [0.25, 0.3) is 0 Å². The fourth-order valence-electron chi connectivity index (χ4n) is 3.59. The molecule has 210 valence electrons. The van der Waals surface area contributed by atoms with E-state index in [1.54, 1.807) is 0 Å². The van der Waals surface area contributed by atoms with Gasteiger partial charge in [0.2, 0.25) is 6.29 Å². The first-order chi connectivity index (χ1) is 17.3. The van der Waals surface area contributed by atoms with Crippen molar-refractivity contribution in [3.05, 3.63) is 29.8 Å². The summed E-state index contributed by atoms with van der Waals surface area (Å²) in [5.41, 5.74) is -0.840. The number of aliphatic hydroxyl groups is 7. The summed E-state index contributed by atoms with van der Waals surface area (Å²) in [6.07, 6.45) is -12.7. The zero-order valence-electron chi connectivity index (χ0n) is 20.2. The molecular formula is C20H28KNO14S2. The van der Waals surface area contributed by atoms with Gasteiger partial charge in [-0.15, -0.1) is 0 Å². The Kier molecular flexibility index (Phi) is 13.3. The third kappa shape index (κ3) is 9.01. The molecule has 18 heteroatoms. The average molecular weight is 610 g/mol. The van der Waals surface area contributed by atoms with Crippen LogP contribution in [0.5, 0.6) is 5.75 Å². The number of hydrogen-bond acceptors (Lipinski definition) is 16. The summed E-state index contributed by atoms with van der Waals surface area (Å²) in [6, 6.07) is 5.92. The smallest absolute Gasteiger partial charge is 0.714 e. The van der Waals surface area contributed by atoms with Gasteiger partial charge in [-0.05, 0) is 24.6 Å². The van der Waals surface area contributed by atoms with E-state index in [1.165, 1.54) is 31.2 Å². The van der Waals surface area contributed by atoms with Crippen LogP contribution in [0.2, 0.25) is 0 Å². The SMILES string of the molecule is CC1OC(Oc2ccc(C/C(=N\OS(=O)(=O)[O-])SC3OC(CO)C(O)C(O)C3O)cc2)C(O)C(O)C1O.[K+]. The van der Waals surface area contributed by atoms with Crippen LogP contribution in [0, 0.1) is 0 Å². The predicted molar refractivity (Wildman–Crippen MR) is 123 cm³/mol. The van der Waals surface area contributed by atoms with Crippen molar-refractivity contribution in [3.63, 3.8) is 0 Å². The second-order valence-electron chi connectivity index (χ2n) is 8.40. The fourth-order valence-corrected chi connectivity index (χ4v) is 4.91. The molecule has 0 amide bonds. The molecule has 2 heterocycles. The quantitative estimate of drug-likeness (QED) is 0.0362. The topological polar surface area (TPSA) is 248 Å². The van der Waals surface area contributed by atoms with Gasteiger partial charge in [-0.25, -0.2) is 0 Å². The molecule has 10 unspecified atom stereocenters. The van der Waals surface area contributed by atoms with Gasteiger partial charge in [0.25, 0.3) is 10.4 Å². The Labute approximate surface area is 264 Å². The molecule has 0 aromatic heterocycles. The van der Waals surface area contributed by atoms with Crippen molar-refractivity contribution in [1.29, 1.82) is 0 Å². The van der Waals surface area contributed by atoms with Gasteiger partial charge in [0.1, 0.15) is 59.0 Å². The molecule has 2 aliphatic heterocycles. The zero-order valence-corrected chi connectivity index (χ0v) is 25.0. The number of rotatable bonds is 8. The summed E-state index contributed by atoms with van der Waals surface area (Å²) in [4.78, 5) is 0. The maximum Gasteiger partial charge on any atom is 1.00 e. The van der Waals surface area contributed by atoms with Crippen LogP contribution >= 0.6 is 11.8 Å². The van der Waals surface area contributed by atoms with E-state index >= 15 is 0 Å². The van der Waals surface area contributed by atoms with Crippen molar-refractivity contribution >= 4 is 27.2 Å². The summed E-state index contributed by atoms with van der Waals surface area (Å²) >= 11 is 0.599. The third-order valence-electron chi connectivity index (χ3n) is 5.67. The van der Waals surface area contributed by atoms with Crippen LogP contribution < -0.4 is 56.1 Å². The van der Waals surface area contributed by atoms with Crippen molar-refractivity contribution in [3.8, 4) is 5.75 Å². The molecule has 38 heavy (non-hydrogen) atoms. The van der Waals surface area contributed by atoms with Gasteiger partial charge in [0, 0.05) is 6.42 Å². The van der Waals surface area contributed by atoms with E-state index in [1.807, 2.05) is 0 Å². The fraction of sp³-hybridized carbons (Fsp3) is 0.650. The molecule has 7 N–H and O–H groups in total. The first-order valence-electron chi connectivity index (χ1n) is 10.9. The van der Waals surface area contributed by atoms with Crippen LogP contribution in [-0.2, 0) is 30.6 Å². The Morgan fingerprint density at radius 3 is 2.16 bits per heavy atom. The van der Waals surface area contributed by atoms with Crippen molar-refractivity contribution in [2.75, 3.05) is 6.61 Å². The molecule has 0 saturated carbocycles. The number of nitrogens with zero attached hydrogens (tertiary/aromatic N) is 1. The molecule has 3 rings (SSSR count). The van der Waals surface area contributed by atoms with Gasteiger partial charge in [0.05, 0.1) is 12.7 Å². The van der Waals surface area contributed by atoms with Crippen LogP contribution in [0.4, 0.5) is 0 Å². The van der Waals surface area contributed by atoms with Crippen molar-refractivity contribution in [1.82, 2.24) is 0 Å². The Morgan fingerprint density at radius 2 is 1.58 bits per heavy atom. The van der Waals surface area contributed by atoms with Crippen LogP contribution in [0.15, 0.2) is 29.4 Å². The molecular weight excluding hydrogens is 581 g/mol. The number of oxime groups is 1. The molecule has 10 atom stereocenters. The maximum atomic E-state index is 10.9. The van der Waals surface area contributed by atoms with Gasteiger partial charge >= 0.3 is 51.4 Å². The first kappa shape index (κ1) is 34.2. The minimum Gasteiger partial charge on any atom is -0.714 e. The molecule has 15 nitrogen and oxygen atoms in total. The predicted octanol–water partition coefficient (Wildman–Crippen LogP) is -6.24. The van der Waals surface area contributed by atoms with E-state index < -0.39 is 77.6 Å². The molecule has 0 aliphatic carbocycles. The van der Waals surface area contributed by atoms with Crippen LogP contribution in [0.3, 0.4) is 0 Å². The summed E-state index contributed by atoms with van der Waals surface area (Å²) in [5, 5.41) is 72.4. The van der Waals surface area contributed by atoms with Gasteiger partial charge in [-0.1, -0.05) is 29.1 Å². The second-order valence-corrected chi connectivity index (χ2v) is 10.5. The summed E-state index contributed by atoms with van der Waals surface area (Å²) in [7, 11) is -5.22. The van der Waals surface area contributed by atoms with Gasteiger partial charge in [-0.3, -0.25) is 4.28 Å². The van der Waals surface area contributed by atoms with E-state index in [4.69, 9.17) is 14.2 Å². The van der Waals surface area contributed by atoms with Crippen LogP contribution in [0.1, 0.15) is 12.5 Å². The maximum absolute atomic E-state index is 10.9. The number of hydrogen-bond donors (Lipinski definition) is 7. The number of thioether (sulfide) groups is 1. The van der Waals surface area contributed by atoms with Crippen LogP contribution in [-0.4, -0.2) is 121 Å². The van der Waals surface area contributed by atoms with E-state index in [0.29, 0.717) is 17.3 Å². The largest absolute Gasteiger partial charge is 1.00 e. The van der Waals surface area contributed by atoms with E-state index in [9.17, 15) is 48.7 Å². The molecule has 0 spiro atoms. The zero-order chi connectivity index (χ0) is 27.5. The van der Waals surface area contributed by atoms with Crippen molar-refractivity contribution < 1.29 is 119 Å². The van der Waals surface area contributed by atoms with Gasteiger partial charge < -0.3 is 54.5 Å². The number of ether oxygens (including phenoxy) is 3. The Morgan fingerprint density at radius 1 is 0.974 bits per heavy atom. The summed E-state index contributed by atoms with van der Waals surface area (Å²) in [6.45, 7) is 0.812. The molecule has 0 radical (unpaired) electrons. The first-order valence-corrected chi connectivity index (χ1v) is 13.2. The Balaban J connectivity index is 0.00000507. The average Bonchev–Trinajstić information content (AvgIpc) is 2.85. The number of aliphatic hydroxyl groups excluding tert-OH is 7. The molecule has 1 aromatic rings. The number of benzene rings is 1. The van der Waals surface area contributed by atoms with E-state index in [-0.39, 0.29) is 68.6 Å². The van der Waals surface area contributed by atoms with E-state index in [2.05, 4.69) is 9.44 Å². The van der Waals surface area contributed by atoms with Gasteiger partial charge in [-0.2, -0.15) is 8.42 Å². The minimum absolute atomic E-state index is 0. The van der Waals surface area contributed by atoms with E-state index in [0.717, 1.165) is 0 Å². The summed E-state index contributed by atoms with van der Waals surface area (Å²) < 4.78 is 53.0. The molecule has 2 fully saturated rings. The summed E-state index contributed by atoms with van der Waals surface area (Å²) in [5.74, 6) is 0.210. The second kappa shape index (κ2) is 14.8. The monoisotopic (exact) mass is 609 g/mol. The Bertz CT molecular complexity index is 1030. The molecule has 0 bridgehead atoms. The minimum atomic E-state index is -5.22. The van der Waals surface area contributed by atoms with Gasteiger partial charge in [0.15, 0.2) is 0 Å².